The summed E-state index contributed by atoms with van der Waals surface area (Å²) >= 11 is 0. The molecule has 0 saturated carbocycles. The molecule has 0 aromatic heterocycles. The molecule has 0 radical (unpaired) electrons. The third-order valence-electron chi connectivity index (χ3n) is 3.49. The molecule has 136 valence electrons. The number of hydrogen-bond acceptors (Lipinski definition) is 5. The van der Waals surface area contributed by atoms with Crippen LogP contribution in [0.3, 0.4) is 0 Å². The van der Waals surface area contributed by atoms with Crippen LogP contribution in [0, 0.1) is 0 Å². The molecule has 2 aromatic carbocycles. The van der Waals surface area contributed by atoms with E-state index in [2.05, 4.69) is 10.3 Å². The summed E-state index contributed by atoms with van der Waals surface area (Å²) < 4.78 is 10.4. The summed E-state index contributed by atoms with van der Waals surface area (Å²) in [4.78, 5) is 26.4. The molecule has 2 rings (SSSR count). The van der Waals surface area contributed by atoms with Gasteiger partial charge in [-0.2, -0.15) is 0 Å². The number of carbonyl (C=O) groups excluding carboxylic acids is 1. The Kier molecular flexibility index (Phi) is 6.73. The number of aliphatic carboxylic acids is 1. The Balaban J connectivity index is 1.99. The fourth-order valence-electron chi connectivity index (χ4n) is 2.16. The number of anilines is 1. The quantitative estimate of drug-likeness (QED) is 0.708. The molecule has 0 aliphatic carbocycles. The Hall–Kier alpha value is -3.35. The SMILES string of the molecule is COc1ccc(C=Nc2ccc(NC(=O)CCC(=O)O)cc2)cc1OC. The predicted molar refractivity (Wildman–Crippen MR) is 98.7 cm³/mol. The van der Waals surface area contributed by atoms with Crippen LogP contribution in [0.25, 0.3) is 0 Å². The number of carbonyl (C=O) groups is 2. The van der Waals surface area contributed by atoms with Crippen LogP contribution in [0.5, 0.6) is 11.5 Å². The predicted octanol–water partition coefficient (Wildman–Crippen LogP) is 3.26. The maximum atomic E-state index is 11.6. The number of ether oxygens (including phenoxy) is 2. The zero-order chi connectivity index (χ0) is 18.9. The standard InChI is InChI=1S/C19H20N2O5/c1-25-16-8-3-13(11-17(16)26-2)12-20-14-4-6-15(7-5-14)21-18(22)9-10-19(23)24/h3-8,11-12H,9-10H2,1-2H3,(H,21,22)(H,23,24). The van der Waals surface area contributed by atoms with Crippen molar-refractivity contribution in [2.24, 2.45) is 4.99 Å². The fraction of sp³-hybridized carbons (Fsp3) is 0.211. The van der Waals surface area contributed by atoms with Gasteiger partial charge in [-0.25, -0.2) is 0 Å². The second kappa shape index (κ2) is 9.22. The van der Waals surface area contributed by atoms with Gasteiger partial charge in [0.25, 0.3) is 0 Å². The van der Waals surface area contributed by atoms with Crippen molar-refractivity contribution in [3.63, 3.8) is 0 Å². The van der Waals surface area contributed by atoms with Crippen molar-refractivity contribution in [2.75, 3.05) is 19.5 Å². The minimum Gasteiger partial charge on any atom is -0.493 e. The molecule has 0 spiro atoms. The summed E-state index contributed by atoms with van der Waals surface area (Å²) in [6.07, 6.45) is 1.44. The van der Waals surface area contributed by atoms with Gasteiger partial charge in [0.1, 0.15) is 0 Å². The average Bonchev–Trinajstić information content (AvgIpc) is 2.65. The van der Waals surface area contributed by atoms with Gasteiger partial charge in [-0.05, 0) is 48.0 Å². The lowest BCUT2D eigenvalue weighted by molar-refractivity contribution is -0.138. The van der Waals surface area contributed by atoms with Crippen LogP contribution < -0.4 is 14.8 Å². The molecule has 0 atom stereocenters. The Morgan fingerprint density at radius 1 is 1.04 bits per heavy atom. The molecular weight excluding hydrogens is 336 g/mol. The van der Waals surface area contributed by atoms with Crippen LogP contribution in [0.2, 0.25) is 0 Å². The van der Waals surface area contributed by atoms with Crippen molar-refractivity contribution < 1.29 is 24.2 Å². The van der Waals surface area contributed by atoms with Crippen LogP contribution in [-0.2, 0) is 9.59 Å². The smallest absolute Gasteiger partial charge is 0.303 e. The lowest BCUT2D eigenvalue weighted by Crippen LogP contribution is -2.12. The molecule has 0 fully saturated rings. The van der Waals surface area contributed by atoms with Gasteiger partial charge in [0.2, 0.25) is 5.91 Å². The minimum atomic E-state index is -1.00. The van der Waals surface area contributed by atoms with E-state index in [0.717, 1.165) is 5.56 Å². The molecule has 0 bridgehead atoms. The zero-order valence-electron chi connectivity index (χ0n) is 14.6. The first-order valence-electron chi connectivity index (χ1n) is 7.89. The highest BCUT2D eigenvalue weighted by Crippen LogP contribution is 2.27. The van der Waals surface area contributed by atoms with Gasteiger partial charge in [0.05, 0.1) is 26.3 Å². The van der Waals surface area contributed by atoms with E-state index in [1.807, 2.05) is 12.1 Å². The van der Waals surface area contributed by atoms with E-state index in [4.69, 9.17) is 14.6 Å². The molecule has 1 amide bonds. The minimum absolute atomic E-state index is 0.0610. The van der Waals surface area contributed by atoms with E-state index in [1.165, 1.54) is 0 Å². The van der Waals surface area contributed by atoms with E-state index in [-0.39, 0.29) is 18.7 Å². The van der Waals surface area contributed by atoms with Gasteiger partial charge in [0.15, 0.2) is 11.5 Å². The van der Waals surface area contributed by atoms with Crippen molar-refractivity contribution in [3.8, 4) is 11.5 Å². The summed E-state index contributed by atoms with van der Waals surface area (Å²) in [6.45, 7) is 0. The van der Waals surface area contributed by atoms with E-state index in [9.17, 15) is 9.59 Å². The molecule has 7 heteroatoms. The number of benzene rings is 2. The van der Waals surface area contributed by atoms with E-state index < -0.39 is 5.97 Å². The van der Waals surface area contributed by atoms with Gasteiger partial charge < -0.3 is 19.9 Å². The highest BCUT2D eigenvalue weighted by Gasteiger charge is 2.06. The van der Waals surface area contributed by atoms with E-state index >= 15 is 0 Å². The molecule has 0 saturated heterocycles. The van der Waals surface area contributed by atoms with Gasteiger partial charge >= 0.3 is 5.97 Å². The van der Waals surface area contributed by atoms with Crippen molar-refractivity contribution in [1.29, 1.82) is 0 Å². The first-order valence-corrected chi connectivity index (χ1v) is 7.89. The Labute approximate surface area is 151 Å². The maximum absolute atomic E-state index is 11.6. The topological polar surface area (TPSA) is 97.2 Å². The van der Waals surface area contributed by atoms with E-state index in [1.54, 1.807) is 50.8 Å². The number of nitrogens with zero attached hydrogens (tertiary/aromatic N) is 1. The summed E-state index contributed by atoms with van der Waals surface area (Å²) in [5, 5.41) is 11.2. The molecule has 26 heavy (non-hydrogen) atoms. The molecule has 0 aliphatic heterocycles. The van der Waals surface area contributed by atoms with Gasteiger partial charge in [-0.15, -0.1) is 0 Å². The molecule has 7 nitrogen and oxygen atoms in total. The zero-order valence-corrected chi connectivity index (χ0v) is 14.6. The molecule has 0 aliphatic rings. The lowest BCUT2D eigenvalue weighted by atomic mass is 10.2. The summed E-state index contributed by atoms with van der Waals surface area (Å²) in [6, 6.07) is 12.4. The molecule has 2 aromatic rings. The lowest BCUT2D eigenvalue weighted by Gasteiger charge is -2.07. The number of carboxylic acid groups (broad SMARTS) is 1. The summed E-state index contributed by atoms with van der Waals surface area (Å²) in [7, 11) is 3.15. The normalized spacial score (nSPS) is 10.5. The maximum Gasteiger partial charge on any atom is 0.303 e. The highest BCUT2D eigenvalue weighted by atomic mass is 16.5. The molecule has 2 N–H and O–H groups in total. The molecule has 0 heterocycles. The number of rotatable bonds is 8. The van der Waals surface area contributed by atoms with Crippen molar-refractivity contribution in [3.05, 3.63) is 48.0 Å². The average molecular weight is 356 g/mol. The Morgan fingerprint density at radius 3 is 2.35 bits per heavy atom. The third kappa shape index (κ3) is 5.62. The van der Waals surface area contributed by atoms with Crippen molar-refractivity contribution in [2.45, 2.75) is 12.8 Å². The van der Waals surface area contributed by atoms with Crippen LogP contribution in [0.1, 0.15) is 18.4 Å². The monoisotopic (exact) mass is 356 g/mol. The van der Waals surface area contributed by atoms with Crippen molar-refractivity contribution >= 4 is 29.5 Å². The number of nitrogens with one attached hydrogen (secondary N) is 1. The molecule has 0 unspecified atom stereocenters. The Morgan fingerprint density at radius 2 is 1.73 bits per heavy atom. The van der Waals surface area contributed by atoms with Crippen LogP contribution in [0.4, 0.5) is 11.4 Å². The van der Waals surface area contributed by atoms with Gasteiger partial charge in [0, 0.05) is 18.3 Å². The summed E-state index contributed by atoms with van der Waals surface area (Å²) in [5.41, 5.74) is 2.16. The van der Waals surface area contributed by atoms with Gasteiger partial charge in [-0.1, -0.05) is 0 Å². The third-order valence-corrected chi connectivity index (χ3v) is 3.49. The number of methoxy groups -OCH3 is 2. The second-order valence-corrected chi connectivity index (χ2v) is 5.36. The first-order chi connectivity index (χ1) is 12.5. The highest BCUT2D eigenvalue weighted by molar-refractivity contribution is 5.92. The van der Waals surface area contributed by atoms with Crippen LogP contribution >= 0.6 is 0 Å². The number of hydrogen-bond donors (Lipinski definition) is 2. The summed E-state index contributed by atoms with van der Waals surface area (Å²) in [5.74, 6) is -0.0718. The fourth-order valence-corrected chi connectivity index (χ4v) is 2.16. The Bertz CT molecular complexity index is 800. The number of aliphatic imine (C=N–C) groups is 1. The van der Waals surface area contributed by atoms with Crippen molar-refractivity contribution in [1.82, 2.24) is 0 Å². The van der Waals surface area contributed by atoms with E-state index in [0.29, 0.717) is 22.9 Å². The van der Waals surface area contributed by atoms with Crippen LogP contribution in [0.15, 0.2) is 47.5 Å². The van der Waals surface area contributed by atoms with Gasteiger partial charge in [-0.3, -0.25) is 14.6 Å². The molecular formula is C19H20N2O5. The first kappa shape index (κ1) is 19.0. The second-order valence-electron chi connectivity index (χ2n) is 5.36. The number of amides is 1. The number of carboxylic acids is 1. The largest absolute Gasteiger partial charge is 0.493 e. The van der Waals surface area contributed by atoms with Crippen LogP contribution in [-0.4, -0.2) is 37.4 Å².